The third-order valence-electron chi connectivity index (χ3n) is 4.76. The number of likely N-dealkylation sites (tertiary alicyclic amines) is 1. The van der Waals surface area contributed by atoms with Gasteiger partial charge in [0.2, 0.25) is 11.7 Å². The summed E-state index contributed by atoms with van der Waals surface area (Å²) in [5, 5.41) is 0. The predicted molar refractivity (Wildman–Crippen MR) is 95.7 cm³/mol. The number of rotatable bonds is 4. The maximum Gasteiger partial charge on any atom is 0.274 e. The molecule has 7 nitrogen and oxygen atoms in total. The Morgan fingerprint density at radius 3 is 2.96 bits per heavy atom. The SMILES string of the molecule is NC(=O)c1cccc(CC2CCN(C(=O)c3cn4cccnc4n3)C2)c1. The van der Waals surface area contributed by atoms with Gasteiger partial charge in [0.1, 0.15) is 5.69 Å². The molecule has 0 radical (unpaired) electrons. The van der Waals surface area contributed by atoms with Gasteiger partial charge in [-0.15, -0.1) is 0 Å². The summed E-state index contributed by atoms with van der Waals surface area (Å²) >= 11 is 0. The first-order chi connectivity index (χ1) is 12.6. The minimum absolute atomic E-state index is 0.0658. The second-order valence-corrected chi connectivity index (χ2v) is 6.63. The second kappa shape index (κ2) is 6.59. The fraction of sp³-hybridized carbons (Fsp3) is 0.263. The van der Waals surface area contributed by atoms with Crippen molar-refractivity contribution < 1.29 is 9.59 Å². The maximum atomic E-state index is 12.7. The van der Waals surface area contributed by atoms with Crippen LogP contribution in [0.1, 0.15) is 32.8 Å². The van der Waals surface area contributed by atoms with Gasteiger partial charge in [-0.1, -0.05) is 12.1 Å². The van der Waals surface area contributed by atoms with Crippen LogP contribution in [0.5, 0.6) is 0 Å². The predicted octanol–water partition coefficient (Wildman–Crippen LogP) is 1.53. The van der Waals surface area contributed by atoms with Crippen molar-refractivity contribution >= 4 is 17.6 Å². The minimum Gasteiger partial charge on any atom is -0.366 e. The lowest BCUT2D eigenvalue weighted by molar-refractivity contribution is 0.0781. The van der Waals surface area contributed by atoms with E-state index in [0.29, 0.717) is 36.0 Å². The van der Waals surface area contributed by atoms with Gasteiger partial charge >= 0.3 is 0 Å². The Kier molecular flexibility index (Phi) is 4.12. The lowest BCUT2D eigenvalue weighted by Gasteiger charge is -2.15. The molecule has 2 N–H and O–H groups in total. The first kappa shape index (κ1) is 16.3. The van der Waals surface area contributed by atoms with Crippen LogP contribution in [0.2, 0.25) is 0 Å². The van der Waals surface area contributed by atoms with E-state index < -0.39 is 5.91 Å². The fourth-order valence-corrected chi connectivity index (χ4v) is 3.46. The third kappa shape index (κ3) is 3.15. The standard InChI is InChI=1S/C19H19N5O2/c20-17(25)15-4-1-3-13(10-15)9-14-5-8-23(11-14)18(26)16-12-24-7-2-6-21-19(24)22-16/h1-4,6-7,10,12,14H,5,8-9,11H2,(H2,20,25). The van der Waals surface area contributed by atoms with Crippen molar-refractivity contribution in [3.63, 3.8) is 0 Å². The summed E-state index contributed by atoms with van der Waals surface area (Å²) in [6.45, 7) is 1.39. The van der Waals surface area contributed by atoms with E-state index >= 15 is 0 Å². The van der Waals surface area contributed by atoms with E-state index in [1.807, 2.05) is 29.3 Å². The smallest absolute Gasteiger partial charge is 0.274 e. The molecule has 26 heavy (non-hydrogen) atoms. The molecule has 7 heteroatoms. The number of carbonyl (C=O) groups excluding carboxylic acids is 2. The molecule has 1 aliphatic rings. The number of hydrogen-bond acceptors (Lipinski definition) is 4. The van der Waals surface area contributed by atoms with Gasteiger partial charge in [0.05, 0.1) is 0 Å². The average molecular weight is 349 g/mol. The summed E-state index contributed by atoms with van der Waals surface area (Å²) in [6, 6.07) is 9.19. The number of carbonyl (C=O) groups is 2. The highest BCUT2D eigenvalue weighted by atomic mass is 16.2. The molecule has 1 saturated heterocycles. The van der Waals surface area contributed by atoms with Crippen molar-refractivity contribution in [1.29, 1.82) is 0 Å². The maximum absolute atomic E-state index is 12.7. The van der Waals surface area contributed by atoms with Crippen LogP contribution in [-0.4, -0.2) is 44.2 Å². The molecule has 3 heterocycles. The first-order valence-electron chi connectivity index (χ1n) is 8.58. The Morgan fingerprint density at radius 1 is 1.27 bits per heavy atom. The number of nitrogens with two attached hydrogens (primary N) is 1. The fourth-order valence-electron chi connectivity index (χ4n) is 3.46. The lowest BCUT2D eigenvalue weighted by Crippen LogP contribution is -2.29. The second-order valence-electron chi connectivity index (χ2n) is 6.63. The van der Waals surface area contributed by atoms with E-state index in [9.17, 15) is 9.59 Å². The van der Waals surface area contributed by atoms with E-state index in [0.717, 1.165) is 18.4 Å². The summed E-state index contributed by atoms with van der Waals surface area (Å²) in [5.74, 6) is 0.395. The molecule has 1 aliphatic heterocycles. The Morgan fingerprint density at radius 2 is 2.15 bits per heavy atom. The average Bonchev–Trinajstić information content (AvgIpc) is 3.28. The number of hydrogen-bond donors (Lipinski definition) is 1. The molecule has 1 aromatic carbocycles. The Bertz CT molecular complexity index is 948. The van der Waals surface area contributed by atoms with Crippen LogP contribution < -0.4 is 5.73 Å². The van der Waals surface area contributed by atoms with E-state index in [1.165, 1.54) is 0 Å². The number of amides is 2. The van der Waals surface area contributed by atoms with E-state index in [2.05, 4.69) is 9.97 Å². The number of fused-ring (bicyclic) bond motifs is 1. The molecule has 0 spiro atoms. The van der Waals surface area contributed by atoms with Crippen LogP contribution in [0.4, 0.5) is 0 Å². The summed E-state index contributed by atoms with van der Waals surface area (Å²) in [6.07, 6.45) is 6.94. The molecule has 132 valence electrons. The molecule has 0 saturated carbocycles. The number of imidazole rings is 1. The van der Waals surface area contributed by atoms with Crippen LogP contribution in [0.25, 0.3) is 5.78 Å². The molecule has 0 aliphatic carbocycles. The molecule has 4 rings (SSSR count). The molecule has 1 fully saturated rings. The van der Waals surface area contributed by atoms with Gasteiger partial charge in [0.15, 0.2) is 0 Å². The van der Waals surface area contributed by atoms with Gasteiger partial charge in [-0.05, 0) is 42.5 Å². The number of benzene rings is 1. The van der Waals surface area contributed by atoms with Crippen LogP contribution in [0, 0.1) is 5.92 Å². The molecule has 2 aromatic heterocycles. The zero-order chi connectivity index (χ0) is 18.1. The van der Waals surface area contributed by atoms with Gasteiger partial charge in [-0.25, -0.2) is 9.97 Å². The first-order valence-corrected chi connectivity index (χ1v) is 8.58. The zero-order valence-corrected chi connectivity index (χ0v) is 14.2. The van der Waals surface area contributed by atoms with Crippen molar-refractivity contribution in [2.24, 2.45) is 11.7 Å². The number of aromatic nitrogens is 3. The summed E-state index contributed by atoms with van der Waals surface area (Å²) in [4.78, 5) is 34.3. The van der Waals surface area contributed by atoms with Crippen LogP contribution in [0.15, 0.2) is 48.9 Å². The Balaban J connectivity index is 1.44. The van der Waals surface area contributed by atoms with E-state index in [1.54, 1.807) is 28.9 Å². The van der Waals surface area contributed by atoms with Gasteiger partial charge in [0, 0.05) is 37.2 Å². The highest BCUT2D eigenvalue weighted by Crippen LogP contribution is 2.23. The van der Waals surface area contributed by atoms with Crippen LogP contribution in [-0.2, 0) is 6.42 Å². The summed E-state index contributed by atoms with van der Waals surface area (Å²) in [7, 11) is 0. The third-order valence-corrected chi connectivity index (χ3v) is 4.76. The minimum atomic E-state index is -0.421. The number of nitrogens with zero attached hydrogens (tertiary/aromatic N) is 4. The van der Waals surface area contributed by atoms with Crippen molar-refractivity contribution in [2.75, 3.05) is 13.1 Å². The van der Waals surface area contributed by atoms with Gasteiger partial charge in [-0.2, -0.15) is 0 Å². The topological polar surface area (TPSA) is 93.6 Å². The molecule has 1 unspecified atom stereocenters. The summed E-state index contributed by atoms with van der Waals surface area (Å²) in [5.41, 5.74) is 7.35. The summed E-state index contributed by atoms with van der Waals surface area (Å²) < 4.78 is 1.75. The van der Waals surface area contributed by atoms with Crippen LogP contribution >= 0.6 is 0 Å². The molecule has 3 aromatic rings. The molecule has 0 bridgehead atoms. The van der Waals surface area contributed by atoms with Gasteiger partial charge in [0.25, 0.3) is 5.91 Å². The van der Waals surface area contributed by atoms with Gasteiger partial charge < -0.3 is 10.6 Å². The van der Waals surface area contributed by atoms with Crippen molar-refractivity contribution in [3.8, 4) is 0 Å². The van der Waals surface area contributed by atoms with Crippen molar-refractivity contribution in [3.05, 3.63) is 65.7 Å². The highest BCUT2D eigenvalue weighted by Gasteiger charge is 2.28. The monoisotopic (exact) mass is 349 g/mol. The Labute approximate surface area is 150 Å². The van der Waals surface area contributed by atoms with Crippen molar-refractivity contribution in [1.82, 2.24) is 19.3 Å². The van der Waals surface area contributed by atoms with E-state index in [4.69, 9.17) is 5.73 Å². The number of primary amides is 1. The quantitative estimate of drug-likeness (QED) is 0.773. The molecule has 2 amide bonds. The lowest BCUT2D eigenvalue weighted by atomic mass is 9.97. The molecule has 1 atom stereocenters. The van der Waals surface area contributed by atoms with E-state index in [-0.39, 0.29) is 5.91 Å². The van der Waals surface area contributed by atoms with Crippen LogP contribution in [0.3, 0.4) is 0 Å². The zero-order valence-electron chi connectivity index (χ0n) is 14.2. The largest absolute Gasteiger partial charge is 0.366 e. The Hall–Kier alpha value is -3.22. The molecular formula is C19H19N5O2. The normalized spacial score (nSPS) is 16.9. The van der Waals surface area contributed by atoms with Gasteiger partial charge in [-0.3, -0.25) is 14.0 Å². The van der Waals surface area contributed by atoms with Crippen molar-refractivity contribution in [2.45, 2.75) is 12.8 Å². The highest BCUT2D eigenvalue weighted by molar-refractivity contribution is 5.93. The molecular weight excluding hydrogens is 330 g/mol.